The lowest BCUT2D eigenvalue weighted by Crippen LogP contribution is -2.61. The van der Waals surface area contributed by atoms with Gasteiger partial charge in [0.2, 0.25) is 0 Å². The van der Waals surface area contributed by atoms with Gasteiger partial charge >= 0.3 is 0 Å². The van der Waals surface area contributed by atoms with Crippen LogP contribution >= 0.6 is 0 Å². The summed E-state index contributed by atoms with van der Waals surface area (Å²) in [6.45, 7) is 15.4. The van der Waals surface area contributed by atoms with Crippen molar-refractivity contribution in [1.29, 1.82) is 0 Å². The molecule has 88 valence electrons. The summed E-state index contributed by atoms with van der Waals surface area (Å²) in [4.78, 5) is 2.71. The molecule has 2 rings (SSSR count). The fraction of sp³-hybridized carbons (Fsp3) is 1.00. The molecule has 0 radical (unpaired) electrons. The van der Waals surface area contributed by atoms with E-state index in [9.17, 15) is 0 Å². The predicted molar refractivity (Wildman–Crippen MR) is 64.7 cm³/mol. The van der Waals surface area contributed by atoms with E-state index < -0.39 is 0 Å². The third kappa shape index (κ3) is 1.83. The predicted octanol–water partition coefficient (Wildman–Crippen LogP) is 2.45. The molecule has 2 heterocycles. The summed E-state index contributed by atoms with van der Waals surface area (Å²) in [6, 6.07) is 0.740. The van der Waals surface area contributed by atoms with Crippen LogP contribution < -0.4 is 5.32 Å². The molecule has 2 aliphatic heterocycles. The van der Waals surface area contributed by atoms with Crippen LogP contribution in [0.1, 0.15) is 48.0 Å². The molecule has 3 unspecified atom stereocenters. The Morgan fingerprint density at radius 1 is 1.07 bits per heavy atom. The van der Waals surface area contributed by atoms with E-state index in [1.807, 2.05) is 0 Å². The molecule has 0 aliphatic carbocycles. The molecular weight excluding hydrogens is 184 g/mol. The van der Waals surface area contributed by atoms with Gasteiger partial charge in [0.25, 0.3) is 0 Å². The average Bonchev–Trinajstić information content (AvgIpc) is 2.56. The Morgan fingerprint density at radius 3 is 2.07 bits per heavy atom. The smallest absolute Gasteiger partial charge is 0.0608 e. The lowest BCUT2D eigenvalue weighted by molar-refractivity contribution is -0.0156. The first-order valence-electron chi connectivity index (χ1n) is 6.23. The summed E-state index contributed by atoms with van der Waals surface area (Å²) < 4.78 is 0. The molecule has 15 heavy (non-hydrogen) atoms. The maximum absolute atomic E-state index is 3.64. The van der Waals surface area contributed by atoms with E-state index in [0.29, 0.717) is 11.6 Å². The largest absolute Gasteiger partial charge is 0.301 e. The molecule has 2 nitrogen and oxygen atoms in total. The van der Waals surface area contributed by atoms with E-state index in [-0.39, 0.29) is 5.54 Å². The third-order valence-corrected chi connectivity index (χ3v) is 3.89. The van der Waals surface area contributed by atoms with Gasteiger partial charge in [-0.2, -0.15) is 0 Å². The van der Waals surface area contributed by atoms with E-state index in [1.54, 1.807) is 0 Å². The van der Waals surface area contributed by atoms with Crippen LogP contribution in [0.15, 0.2) is 0 Å². The van der Waals surface area contributed by atoms with Gasteiger partial charge in [-0.25, -0.2) is 0 Å². The number of rotatable bonds is 0. The topological polar surface area (TPSA) is 15.3 Å². The summed E-state index contributed by atoms with van der Waals surface area (Å²) in [7, 11) is 0. The number of likely N-dealkylation sites (tertiary alicyclic amines) is 1. The Balaban J connectivity index is 2.28. The van der Waals surface area contributed by atoms with Crippen LogP contribution in [0.2, 0.25) is 0 Å². The molecule has 3 atom stereocenters. The van der Waals surface area contributed by atoms with Crippen molar-refractivity contribution in [3.05, 3.63) is 0 Å². The van der Waals surface area contributed by atoms with Gasteiger partial charge < -0.3 is 5.32 Å². The summed E-state index contributed by atoms with van der Waals surface area (Å²) in [5.74, 6) is 0.856. The molecule has 1 N–H and O–H groups in total. The van der Waals surface area contributed by atoms with Crippen LogP contribution in [0.5, 0.6) is 0 Å². The second-order valence-corrected chi connectivity index (χ2v) is 7.31. The van der Waals surface area contributed by atoms with Crippen molar-refractivity contribution in [3.63, 3.8) is 0 Å². The molecule has 0 spiro atoms. The summed E-state index contributed by atoms with van der Waals surface area (Å²) in [5.41, 5.74) is 0.680. The SMILES string of the molecule is CC(C)(C)C1C2CNC(C2)N1C(C)(C)C. The van der Waals surface area contributed by atoms with E-state index >= 15 is 0 Å². The molecule has 0 aromatic carbocycles. The molecule has 2 bridgehead atoms. The van der Waals surface area contributed by atoms with Crippen LogP contribution in [0.4, 0.5) is 0 Å². The van der Waals surface area contributed by atoms with Gasteiger partial charge in [0.05, 0.1) is 6.17 Å². The maximum atomic E-state index is 3.64. The van der Waals surface area contributed by atoms with Crippen molar-refractivity contribution in [1.82, 2.24) is 10.2 Å². The highest BCUT2D eigenvalue weighted by molar-refractivity contribution is 5.07. The first-order chi connectivity index (χ1) is 6.71. The van der Waals surface area contributed by atoms with Crippen LogP contribution in [0.3, 0.4) is 0 Å². The number of nitrogens with zero attached hydrogens (tertiary/aromatic N) is 1. The van der Waals surface area contributed by atoms with Gasteiger partial charge in [-0.15, -0.1) is 0 Å². The Bertz CT molecular complexity index is 220. The minimum atomic E-state index is 0.283. The molecule has 2 heteroatoms. The highest BCUT2D eigenvalue weighted by Crippen LogP contribution is 2.45. The van der Waals surface area contributed by atoms with Crippen molar-refractivity contribution in [3.8, 4) is 0 Å². The zero-order chi connectivity index (χ0) is 11.4. The summed E-state index contributed by atoms with van der Waals surface area (Å²) in [5, 5.41) is 3.64. The fourth-order valence-corrected chi connectivity index (χ4v) is 3.62. The summed E-state index contributed by atoms with van der Waals surface area (Å²) >= 11 is 0. The molecule has 0 aromatic rings. The van der Waals surface area contributed by atoms with Crippen molar-refractivity contribution < 1.29 is 0 Å². The van der Waals surface area contributed by atoms with Gasteiger partial charge in [-0.1, -0.05) is 20.8 Å². The fourth-order valence-electron chi connectivity index (χ4n) is 3.62. The highest BCUT2D eigenvalue weighted by atomic mass is 15.4. The van der Waals surface area contributed by atoms with Crippen molar-refractivity contribution in [2.24, 2.45) is 11.3 Å². The molecule has 0 aromatic heterocycles. The lowest BCUT2D eigenvalue weighted by atomic mass is 9.78. The summed E-state index contributed by atoms with van der Waals surface area (Å²) in [6.07, 6.45) is 1.97. The number of fused-ring (bicyclic) bond motifs is 2. The van der Waals surface area contributed by atoms with Gasteiger partial charge in [0.1, 0.15) is 0 Å². The van der Waals surface area contributed by atoms with Crippen molar-refractivity contribution in [2.45, 2.75) is 65.7 Å². The molecular formula is C13H26N2. The number of nitrogens with one attached hydrogen (secondary N) is 1. The van der Waals surface area contributed by atoms with Crippen LogP contribution in [0, 0.1) is 11.3 Å². The highest BCUT2D eigenvalue weighted by Gasteiger charge is 2.53. The average molecular weight is 210 g/mol. The van der Waals surface area contributed by atoms with Crippen LogP contribution in [0.25, 0.3) is 0 Å². The molecule has 2 fully saturated rings. The standard InChI is InChI=1S/C13H26N2/c1-12(2,3)11-9-7-10(14-8-9)15(11)13(4,5)6/h9-11,14H,7-8H2,1-6H3. The minimum absolute atomic E-state index is 0.283. The zero-order valence-electron chi connectivity index (χ0n) is 11.1. The number of hydrogen-bond donors (Lipinski definition) is 1. The Labute approximate surface area is 94.4 Å². The molecule has 2 aliphatic rings. The quantitative estimate of drug-likeness (QED) is 0.660. The normalized spacial score (nSPS) is 37.6. The van der Waals surface area contributed by atoms with Crippen molar-refractivity contribution in [2.75, 3.05) is 6.54 Å². The van der Waals surface area contributed by atoms with E-state index in [2.05, 4.69) is 51.8 Å². The Kier molecular flexibility index (Phi) is 2.44. The molecule has 2 saturated heterocycles. The second kappa shape index (κ2) is 3.21. The second-order valence-electron chi connectivity index (χ2n) is 7.31. The number of hydrogen-bond acceptors (Lipinski definition) is 2. The van der Waals surface area contributed by atoms with Gasteiger partial charge in [-0.05, 0) is 38.5 Å². The van der Waals surface area contributed by atoms with E-state index in [4.69, 9.17) is 0 Å². The van der Waals surface area contributed by atoms with E-state index in [1.165, 1.54) is 13.0 Å². The van der Waals surface area contributed by atoms with Gasteiger partial charge in [-0.3, -0.25) is 4.90 Å². The maximum Gasteiger partial charge on any atom is 0.0608 e. The Morgan fingerprint density at radius 2 is 1.67 bits per heavy atom. The Hall–Kier alpha value is -0.0800. The van der Waals surface area contributed by atoms with Gasteiger partial charge in [0, 0.05) is 18.1 Å². The first kappa shape index (κ1) is 11.4. The van der Waals surface area contributed by atoms with Crippen molar-refractivity contribution >= 4 is 0 Å². The monoisotopic (exact) mass is 210 g/mol. The third-order valence-electron chi connectivity index (χ3n) is 3.89. The molecule has 0 amide bonds. The minimum Gasteiger partial charge on any atom is -0.301 e. The van der Waals surface area contributed by atoms with E-state index in [0.717, 1.165) is 12.0 Å². The first-order valence-corrected chi connectivity index (χ1v) is 6.23. The van der Waals surface area contributed by atoms with Crippen LogP contribution in [-0.2, 0) is 0 Å². The van der Waals surface area contributed by atoms with Crippen LogP contribution in [-0.4, -0.2) is 29.2 Å². The molecule has 0 saturated carbocycles. The van der Waals surface area contributed by atoms with Gasteiger partial charge in [0.15, 0.2) is 0 Å². The lowest BCUT2D eigenvalue weighted by Gasteiger charge is -2.49. The zero-order valence-corrected chi connectivity index (χ0v) is 11.1.